The largest absolute Gasteiger partial charge is 0.478 e. The first-order chi connectivity index (χ1) is 9.63. The summed E-state index contributed by atoms with van der Waals surface area (Å²) in [6.45, 7) is 0.720. The van der Waals surface area contributed by atoms with Gasteiger partial charge in [0, 0.05) is 12.1 Å². The van der Waals surface area contributed by atoms with Crippen LogP contribution in [0.15, 0.2) is 24.3 Å². The Morgan fingerprint density at radius 2 is 2.00 bits per heavy atom. The molecule has 2 fully saturated rings. The van der Waals surface area contributed by atoms with Gasteiger partial charge in [-0.2, -0.15) is 0 Å². The van der Waals surface area contributed by atoms with Crippen LogP contribution in [0.25, 0.3) is 0 Å². The van der Waals surface area contributed by atoms with Gasteiger partial charge in [-0.1, -0.05) is 12.5 Å². The molecule has 2 N–H and O–H groups in total. The molecule has 3 unspecified atom stereocenters. The summed E-state index contributed by atoms with van der Waals surface area (Å²) in [4.78, 5) is 23.0. The first-order valence-corrected chi connectivity index (χ1v) is 7.25. The van der Waals surface area contributed by atoms with E-state index in [1.54, 1.807) is 12.1 Å². The molecular weight excluding hydrogens is 254 g/mol. The maximum atomic E-state index is 12.1. The zero-order valence-corrected chi connectivity index (χ0v) is 11.3. The van der Waals surface area contributed by atoms with Crippen LogP contribution >= 0.6 is 0 Å². The minimum atomic E-state index is -1.01. The third kappa shape index (κ3) is 2.55. The van der Waals surface area contributed by atoms with Gasteiger partial charge in [-0.25, -0.2) is 4.79 Å². The predicted octanol–water partition coefficient (Wildman–Crippen LogP) is 2.55. The molecule has 1 aromatic rings. The van der Waals surface area contributed by atoms with Gasteiger partial charge in [0.25, 0.3) is 5.91 Å². The van der Waals surface area contributed by atoms with Gasteiger partial charge in [0.15, 0.2) is 0 Å². The van der Waals surface area contributed by atoms with E-state index >= 15 is 0 Å². The molecule has 0 spiro atoms. The van der Waals surface area contributed by atoms with Crippen molar-refractivity contribution in [1.82, 2.24) is 5.32 Å². The van der Waals surface area contributed by atoms with Crippen LogP contribution in [0.4, 0.5) is 0 Å². The van der Waals surface area contributed by atoms with Crippen LogP contribution in [0.3, 0.4) is 0 Å². The first-order valence-electron chi connectivity index (χ1n) is 7.25. The summed E-state index contributed by atoms with van der Waals surface area (Å²) in [7, 11) is 0. The fraction of sp³-hybridized carbons (Fsp3) is 0.500. The van der Waals surface area contributed by atoms with Crippen molar-refractivity contribution >= 4 is 11.9 Å². The lowest BCUT2D eigenvalue weighted by molar-refractivity contribution is 0.0697. The van der Waals surface area contributed by atoms with Gasteiger partial charge in [-0.05, 0) is 55.2 Å². The Morgan fingerprint density at radius 3 is 2.65 bits per heavy atom. The van der Waals surface area contributed by atoms with E-state index in [1.807, 2.05) is 0 Å². The SMILES string of the molecule is O=C(O)c1cccc(C(=O)NCC2CC3CCC2C3)c1. The van der Waals surface area contributed by atoms with Crippen molar-refractivity contribution in [3.63, 3.8) is 0 Å². The van der Waals surface area contributed by atoms with Crippen molar-refractivity contribution in [3.8, 4) is 0 Å². The monoisotopic (exact) mass is 273 g/mol. The zero-order chi connectivity index (χ0) is 14.1. The lowest BCUT2D eigenvalue weighted by Gasteiger charge is -2.21. The molecule has 1 amide bonds. The van der Waals surface area contributed by atoms with Gasteiger partial charge in [-0.15, -0.1) is 0 Å². The summed E-state index contributed by atoms with van der Waals surface area (Å²) in [6.07, 6.45) is 5.23. The number of hydrogen-bond donors (Lipinski definition) is 2. The topological polar surface area (TPSA) is 66.4 Å². The van der Waals surface area contributed by atoms with E-state index in [0.29, 0.717) is 11.5 Å². The van der Waals surface area contributed by atoms with Gasteiger partial charge in [0.05, 0.1) is 5.56 Å². The number of benzene rings is 1. The normalized spacial score (nSPS) is 27.5. The van der Waals surface area contributed by atoms with E-state index in [2.05, 4.69) is 5.32 Å². The van der Waals surface area contributed by atoms with Gasteiger partial charge in [-0.3, -0.25) is 4.79 Å². The van der Waals surface area contributed by atoms with E-state index in [1.165, 1.54) is 37.8 Å². The van der Waals surface area contributed by atoms with Crippen molar-refractivity contribution < 1.29 is 14.7 Å². The van der Waals surface area contributed by atoms with E-state index in [4.69, 9.17) is 5.11 Å². The molecule has 0 heterocycles. The molecule has 0 radical (unpaired) electrons. The zero-order valence-electron chi connectivity index (χ0n) is 11.3. The molecule has 2 saturated carbocycles. The molecule has 1 aromatic carbocycles. The summed E-state index contributed by atoms with van der Waals surface area (Å²) in [5, 5.41) is 11.9. The summed E-state index contributed by atoms with van der Waals surface area (Å²) in [5.74, 6) is 1.09. The molecule has 0 saturated heterocycles. The van der Waals surface area contributed by atoms with E-state index < -0.39 is 5.97 Å². The summed E-state index contributed by atoms with van der Waals surface area (Å²) in [5.41, 5.74) is 0.575. The number of carbonyl (C=O) groups excluding carboxylic acids is 1. The highest BCUT2D eigenvalue weighted by Crippen LogP contribution is 2.47. The molecular formula is C16H19NO3. The highest BCUT2D eigenvalue weighted by Gasteiger charge is 2.39. The third-order valence-corrected chi connectivity index (χ3v) is 4.78. The standard InChI is InChI=1S/C16H19NO3/c18-15(12-2-1-3-13(8-12)16(19)20)17-9-14-7-10-4-5-11(14)6-10/h1-3,8,10-11,14H,4-7,9H2,(H,17,18)(H,19,20). The van der Waals surface area contributed by atoms with Crippen LogP contribution in [0.2, 0.25) is 0 Å². The maximum absolute atomic E-state index is 12.1. The fourth-order valence-corrected chi connectivity index (χ4v) is 3.75. The van der Waals surface area contributed by atoms with Crippen LogP contribution in [0.1, 0.15) is 46.4 Å². The minimum Gasteiger partial charge on any atom is -0.478 e. The molecule has 0 aliphatic heterocycles. The van der Waals surface area contributed by atoms with E-state index in [0.717, 1.165) is 18.4 Å². The molecule has 106 valence electrons. The van der Waals surface area contributed by atoms with Crippen molar-refractivity contribution in [2.24, 2.45) is 17.8 Å². The summed E-state index contributed by atoms with van der Waals surface area (Å²) < 4.78 is 0. The Morgan fingerprint density at radius 1 is 1.20 bits per heavy atom. The Hall–Kier alpha value is -1.84. The maximum Gasteiger partial charge on any atom is 0.335 e. The van der Waals surface area contributed by atoms with Crippen LogP contribution < -0.4 is 5.32 Å². The van der Waals surface area contributed by atoms with Crippen molar-refractivity contribution in [2.45, 2.75) is 25.7 Å². The number of aromatic carboxylic acids is 1. The lowest BCUT2D eigenvalue weighted by atomic mass is 9.89. The number of hydrogen-bond acceptors (Lipinski definition) is 2. The average molecular weight is 273 g/mol. The molecule has 0 aromatic heterocycles. The molecule has 2 aliphatic carbocycles. The second kappa shape index (κ2) is 5.27. The Bertz CT molecular complexity index is 540. The number of nitrogens with one attached hydrogen (secondary N) is 1. The van der Waals surface area contributed by atoms with E-state index in [-0.39, 0.29) is 11.5 Å². The van der Waals surface area contributed by atoms with Crippen molar-refractivity contribution in [2.75, 3.05) is 6.54 Å². The summed E-state index contributed by atoms with van der Waals surface area (Å²) in [6, 6.07) is 6.19. The van der Waals surface area contributed by atoms with Crippen molar-refractivity contribution in [1.29, 1.82) is 0 Å². The Labute approximate surface area is 118 Å². The Kier molecular flexibility index (Phi) is 3.47. The fourth-order valence-electron chi connectivity index (χ4n) is 3.75. The van der Waals surface area contributed by atoms with Gasteiger partial charge in [0.1, 0.15) is 0 Å². The number of carboxylic acids is 1. The highest BCUT2D eigenvalue weighted by molar-refractivity contribution is 5.97. The molecule has 2 bridgehead atoms. The first kappa shape index (κ1) is 13.2. The smallest absolute Gasteiger partial charge is 0.335 e. The number of amides is 1. The number of rotatable bonds is 4. The molecule has 4 heteroatoms. The Balaban J connectivity index is 1.59. The van der Waals surface area contributed by atoms with Crippen LogP contribution in [0, 0.1) is 17.8 Å². The quantitative estimate of drug-likeness (QED) is 0.886. The predicted molar refractivity (Wildman–Crippen MR) is 74.7 cm³/mol. The van der Waals surface area contributed by atoms with E-state index in [9.17, 15) is 9.59 Å². The highest BCUT2D eigenvalue weighted by atomic mass is 16.4. The number of carbonyl (C=O) groups is 2. The van der Waals surface area contributed by atoms with Crippen LogP contribution in [0.5, 0.6) is 0 Å². The van der Waals surface area contributed by atoms with Gasteiger partial charge >= 0.3 is 5.97 Å². The van der Waals surface area contributed by atoms with Crippen LogP contribution in [-0.4, -0.2) is 23.5 Å². The van der Waals surface area contributed by atoms with Gasteiger partial charge in [0.2, 0.25) is 0 Å². The van der Waals surface area contributed by atoms with Crippen LogP contribution in [-0.2, 0) is 0 Å². The number of fused-ring (bicyclic) bond motifs is 2. The summed E-state index contributed by atoms with van der Waals surface area (Å²) >= 11 is 0. The second-order valence-corrected chi connectivity index (χ2v) is 6.03. The molecule has 2 aliphatic rings. The number of carboxylic acid groups (broad SMARTS) is 1. The molecule has 4 nitrogen and oxygen atoms in total. The molecule has 20 heavy (non-hydrogen) atoms. The molecule has 3 atom stereocenters. The lowest BCUT2D eigenvalue weighted by Crippen LogP contribution is -2.31. The van der Waals surface area contributed by atoms with Gasteiger partial charge < -0.3 is 10.4 Å². The molecule has 3 rings (SSSR count). The second-order valence-electron chi connectivity index (χ2n) is 6.03. The van der Waals surface area contributed by atoms with Crippen molar-refractivity contribution in [3.05, 3.63) is 35.4 Å². The third-order valence-electron chi connectivity index (χ3n) is 4.78. The average Bonchev–Trinajstić information content (AvgIpc) is 3.07. The minimum absolute atomic E-state index is 0.151.